The minimum atomic E-state index is 0.717. The van der Waals surface area contributed by atoms with Crippen LogP contribution in [0.3, 0.4) is 0 Å². The maximum absolute atomic E-state index is 2.35. The quantitative estimate of drug-likeness (QED) is 0.589. The molecule has 2 aromatic rings. The highest BCUT2D eigenvalue weighted by Crippen LogP contribution is 2.26. The van der Waals surface area contributed by atoms with Crippen molar-refractivity contribution in [1.82, 2.24) is 0 Å². The van der Waals surface area contributed by atoms with Gasteiger partial charge in [0.2, 0.25) is 5.69 Å². The molecule has 0 aliphatic carbocycles. The van der Waals surface area contributed by atoms with Crippen molar-refractivity contribution >= 4 is 0 Å². The molecule has 86 valence electrons. The number of benzene rings is 1. The Morgan fingerprint density at radius 3 is 2.82 bits per heavy atom. The van der Waals surface area contributed by atoms with Crippen LogP contribution in [0.4, 0.5) is 0 Å². The van der Waals surface area contributed by atoms with Crippen molar-refractivity contribution < 1.29 is 4.57 Å². The third-order valence-corrected chi connectivity index (χ3v) is 3.38. The van der Waals surface area contributed by atoms with Gasteiger partial charge < -0.3 is 0 Å². The highest BCUT2D eigenvalue weighted by molar-refractivity contribution is 5.63. The van der Waals surface area contributed by atoms with Gasteiger partial charge in [-0.05, 0) is 24.0 Å². The Labute approximate surface area is 103 Å². The predicted octanol–water partition coefficient (Wildman–Crippen LogP) is 3.20. The second kappa shape index (κ2) is 3.99. The molecule has 1 aromatic heterocycles. The van der Waals surface area contributed by atoms with Crippen molar-refractivity contribution in [3.63, 3.8) is 0 Å². The first-order valence-corrected chi connectivity index (χ1v) is 6.34. The molecular formula is C16H18N+. The number of hydrogen-bond donors (Lipinski definition) is 0. The Hall–Kier alpha value is -1.63. The van der Waals surface area contributed by atoms with Crippen LogP contribution in [-0.2, 0) is 13.0 Å². The first-order valence-electron chi connectivity index (χ1n) is 6.34. The summed E-state index contributed by atoms with van der Waals surface area (Å²) in [6, 6.07) is 13.3. The number of pyridine rings is 1. The SMILES string of the molecule is CC(C)Cc1cc[n+]2c(c1)-c1ccccc1C2. The fourth-order valence-electron chi connectivity index (χ4n) is 2.63. The van der Waals surface area contributed by atoms with Crippen LogP contribution in [0.5, 0.6) is 0 Å². The number of hydrogen-bond acceptors (Lipinski definition) is 0. The van der Waals surface area contributed by atoms with Crippen LogP contribution < -0.4 is 4.57 Å². The maximum atomic E-state index is 2.35. The molecule has 0 fully saturated rings. The van der Waals surface area contributed by atoms with Crippen molar-refractivity contribution in [3.05, 3.63) is 53.7 Å². The third kappa shape index (κ3) is 1.86. The molecular weight excluding hydrogens is 206 g/mol. The lowest BCUT2D eigenvalue weighted by Crippen LogP contribution is -2.31. The van der Waals surface area contributed by atoms with Crippen LogP contribution in [0.25, 0.3) is 11.3 Å². The molecule has 1 aliphatic rings. The highest BCUT2D eigenvalue weighted by atomic mass is 15.0. The van der Waals surface area contributed by atoms with E-state index in [2.05, 4.69) is 61.0 Å². The van der Waals surface area contributed by atoms with E-state index in [4.69, 9.17) is 0 Å². The minimum absolute atomic E-state index is 0.717. The molecule has 3 rings (SSSR count). The summed E-state index contributed by atoms with van der Waals surface area (Å²) in [6.07, 6.45) is 3.39. The summed E-state index contributed by atoms with van der Waals surface area (Å²) >= 11 is 0. The van der Waals surface area contributed by atoms with Crippen molar-refractivity contribution in [1.29, 1.82) is 0 Å². The van der Waals surface area contributed by atoms with Crippen molar-refractivity contribution in [2.24, 2.45) is 5.92 Å². The highest BCUT2D eigenvalue weighted by Gasteiger charge is 2.25. The Morgan fingerprint density at radius 2 is 2.00 bits per heavy atom. The molecule has 0 amide bonds. The molecule has 17 heavy (non-hydrogen) atoms. The van der Waals surface area contributed by atoms with E-state index in [1.54, 1.807) is 0 Å². The Bertz CT molecular complexity index is 555. The standard InChI is InChI=1S/C16H18N/c1-12(2)9-13-7-8-17-11-14-5-3-4-6-15(14)16(17)10-13/h3-8,10,12H,9,11H2,1-2H3/q+1. The van der Waals surface area contributed by atoms with Crippen molar-refractivity contribution in [2.75, 3.05) is 0 Å². The Morgan fingerprint density at radius 1 is 1.18 bits per heavy atom. The van der Waals surface area contributed by atoms with Crippen LogP contribution in [0.1, 0.15) is 25.0 Å². The van der Waals surface area contributed by atoms with Gasteiger partial charge >= 0.3 is 0 Å². The summed E-state index contributed by atoms with van der Waals surface area (Å²) in [6.45, 7) is 5.57. The number of rotatable bonds is 2. The topological polar surface area (TPSA) is 3.88 Å². The van der Waals surface area contributed by atoms with Gasteiger partial charge in [-0.2, -0.15) is 4.57 Å². The van der Waals surface area contributed by atoms with Gasteiger partial charge in [0.25, 0.3) is 0 Å². The van der Waals surface area contributed by atoms with Crippen molar-refractivity contribution in [2.45, 2.75) is 26.8 Å². The van der Waals surface area contributed by atoms with E-state index in [1.807, 2.05) is 0 Å². The summed E-state index contributed by atoms with van der Waals surface area (Å²) in [5, 5.41) is 0. The normalized spacial score (nSPS) is 12.6. The second-order valence-electron chi connectivity index (χ2n) is 5.30. The summed E-state index contributed by atoms with van der Waals surface area (Å²) in [4.78, 5) is 0. The maximum Gasteiger partial charge on any atom is 0.213 e. The fourth-order valence-corrected chi connectivity index (χ4v) is 2.63. The van der Waals surface area contributed by atoms with Crippen LogP contribution in [0.15, 0.2) is 42.6 Å². The average molecular weight is 224 g/mol. The van der Waals surface area contributed by atoms with Gasteiger partial charge in [-0.25, -0.2) is 0 Å². The molecule has 2 heterocycles. The summed E-state index contributed by atoms with van der Waals surface area (Å²) in [5.41, 5.74) is 5.66. The molecule has 1 aliphatic heterocycles. The van der Waals surface area contributed by atoms with Crippen LogP contribution in [0, 0.1) is 5.92 Å². The fraction of sp³-hybridized carbons (Fsp3) is 0.312. The van der Waals surface area contributed by atoms with E-state index < -0.39 is 0 Å². The second-order valence-corrected chi connectivity index (χ2v) is 5.30. The van der Waals surface area contributed by atoms with Gasteiger partial charge in [-0.1, -0.05) is 32.0 Å². The third-order valence-electron chi connectivity index (χ3n) is 3.38. The molecule has 1 nitrogen and oxygen atoms in total. The molecule has 0 radical (unpaired) electrons. The van der Waals surface area contributed by atoms with Gasteiger partial charge in [0.15, 0.2) is 12.7 Å². The molecule has 0 bridgehead atoms. The monoisotopic (exact) mass is 224 g/mol. The molecule has 0 unspecified atom stereocenters. The van der Waals surface area contributed by atoms with Gasteiger partial charge in [0.1, 0.15) is 0 Å². The smallest absolute Gasteiger partial charge is 0.194 e. The van der Waals surface area contributed by atoms with Crippen LogP contribution in [0.2, 0.25) is 0 Å². The Kier molecular flexibility index (Phi) is 2.47. The lowest BCUT2D eigenvalue weighted by molar-refractivity contribution is -0.672. The number of nitrogens with zero attached hydrogens (tertiary/aromatic N) is 1. The van der Waals surface area contributed by atoms with E-state index in [9.17, 15) is 0 Å². The van der Waals surface area contributed by atoms with Gasteiger partial charge in [0, 0.05) is 17.7 Å². The first-order chi connectivity index (χ1) is 8.24. The molecule has 0 saturated carbocycles. The lowest BCUT2D eigenvalue weighted by atomic mass is 10.0. The Balaban J connectivity index is 2.05. The summed E-state index contributed by atoms with van der Waals surface area (Å²) in [7, 11) is 0. The van der Waals surface area contributed by atoms with Crippen LogP contribution in [-0.4, -0.2) is 0 Å². The number of aromatic nitrogens is 1. The average Bonchev–Trinajstić information content (AvgIpc) is 2.66. The summed E-state index contributed by atoms with van der Waals surface area (Å²) < 4.78 is 2.34. The van der Waals surface area contributed by atoms with E-state index >= 15 is 0 Å². The van der Waals surface area contributed by atoms with Crippen molar-refractivity contribution in [3.8, 4) is 11.3 Å². The molecule has 0 spiro atoms. The summed E-state index contributed by atoms with van der Waals surface area (Å²) in [5.74, 6) is 0.717. The van der Waals surface area contributed by atoms with Gasteiger partial charge in [-0.15, -0.1) is 0 Å². The largest absolute Gasteiger partial charge is 0.213 e. The number of fused-ring (bicyclic) bond motifs is 3. The molecule has 1 heteroatoms. The van der Waals surface area contributed by atoms with E-state index in [0.29, 0.717) is 0 Å². The van der Waals surface area contributed by atoms with Crippen LogP contribution >= 0.6 is 0 Å². The van der Waals surface area contributed by atoms with E-state index in [-0.39, 0.29) is 0 Å². The lowest BCUT2D eigenvalue weighted by Gasteiger charge is -2.04. The van der Waals surface area contributed by atoms with E-state index in [1.165, 1.54) is 22.4 Å². The molecule has 0 atom stereocenters. The minimum Gasteiger partial charge on any atom is -0.194 e. The zero-order valence-corrected chi connectivity index (χ0v) is 10.5. The van der Waals surface area contributed by atoms with E-state index in [0.717, 1.165) is 18.9 Å². The van der Waals surface area contributed by atoms with Gasteiger partial charge in [0.05, 0.1) is 5.56 Å². The zero-order valence-electron chi connectivity index (χ0n) is 10.5. The first kappa shape index (κ1) is 10.5. The van der Waals surface area contributed by atoms with Gasteiger partial charge in [-0.3, -0.25) is 0 Å². The molecule has 1 aromatic carbocycles. The predicted molar refractivity (Wildman–Crippen MR) is 69.7 cm³/mol. The zero-order chi connectivity index (χ0) is 11.8. The molecule has 0 saturated heterocycles. The molecule has 0 N–H and O–H groups in total.